The van der Waals surface area contributed by atoms with Crippen LogP contribution in [-0.2, 0) is 0 Å². The van der Waals surface area contributed by atoms with Gasteiger partial charge in [0, 0.05) is 29.7 Å². The Morgan fingerprint density at radius 2 is 2.05 bits per heavy atom. The molecule has 0 bridgehead atoms. The van der Waals surface area contributed by atoms with Gasteiger partial charge in [0.2, 0.25) is 0 Å². The van der Waals surface area contributed by atoms with Crippen molar-refractivity contribution in [3.05, 3.63) is 23.7 Å². The number of amides is 1. The predicted molar refractivity (Wildman–Crippen MR) is 79.8 cm³/mol. The second-order valence-corrected chi connectivity index (χ2v) is 7.39. The molecule has 0 unspecified atom stereocenters. The van der Waals surface area contributed by atoms with E-state index >= 15 is 0 Å². The van der Waals surface area contributed by atoms with E-state index in [2.05, 4.69) is 0 Å². The fourth-order valence-corrected chi connectivity index (χ4v) is 4.80. The number of carboxylic acid groups (broad SMARTS) is 1. The van der Waals surface area contributed by atoms with E-state index in [0.717, 1.165) is 18.6 Å². The molecule has 2 fully saturated rings. The first-order valence-corrected chi connectivity index (χ1v) is 8.33. The van der Waals surface area contributed by atoms with Crippen LogP contribution >= 0.6 is 11.8 Å². The Morgan fingerprint density at radius 3 is 2.71 bits per heavy atom. The summed E-state index contributed by atoms with van der Waals surface area (Å²) in [5.41, 5.74) is 0.0251. The van der Waals surface area contributed by atoms with Crippen molar-refractivity contribution in [2.75, 3.05) is 18.8 Å². The molecular formula is C15H19NO4S. The van der Waals surface area contributed by atoms with Gasteiger partial charge < -0.3 is 14.4 Å². The van der Waals surface area contributed by atoms with Crippen molar-refractivity contribution >= 4 is 23.6 Å². The van der Waals surface area contributed by atoms with Crippen LogP contribution in [0.2, 0.25) is 0 Å². The molecule has 0 atom stereocenters. The molecule has 5 nitrogen and oxygen atoms in total. The Morgan fingerprint density at radius 1 is 1.29 bits per heavy atom. The summed E-state index contributed by atoms with van der Waals surface area (Å²) in [5.74, 6) is -0.188. The van der Waals surface area contributed by atoms with E-state index < -0.39 is 5.97 Å². The minimum Gasteiger partial charge on any atom is -0.478 e. The number of carbonyl (C=O) groups is 2. The Kier molecular flexibility index (Phi) is 3.97. The summed E-state index contributed by atoms with van der Waals surface area (Å²) in [4.78, 5) is 25.2. The minimum atomic E-state index is -1.07. The van der Waals surface area contributed by atoms with Crippen LogP contribution in [0.4, 0.5) is 0 Å². The Balaban J connectivity index is 1.73. The molecule has 2 heterocycles. The molecule has 1 aliphatic heterocycles. The van der Waals surface area contributed by atoms with Crippen molar-refractivity contribution in [2.24, 2.45) is 0 Å². The summed E-state index contributed by atoms with van der Waals surface area (Å²) >= 11 is 1.99. The number of furan rings is 1. The Labute approximate surface area is 127 Å². The zero-order chi connectivity index (χ0) is 14.9. The van der Waals surface area contributed by atoms with Gasteiger partial charge in [-0.15, -0.1) is 0 Å². The van der Waals surface area contributed by atoms with Gasteiger partial charge in [0.1, 0.15) is 6.26 Å². The van der Waals surface area contributed by atoms with E-state index in [1.807, 2.05) is 16.7 Å². The van der Waals surface area contributed by atoms with Crippen molar-refractivity contribution < 1.29 is 19.1 Å². The normalized spacial score (nSPS) is 21.4. The van der Waals surface area contributed by atoms with Crippen LogP contribution in [0.1, 0.15) is 53.0 Å². The average Bonchev–Trinajstić information content (AvgIpc) is 2.97. The second kappa shape index (κ2) is 5.75. The highest BCUT2D eigenvalue weighted by Crippen LogP contribution is 2.43. The first-order chi connectivity index (χ1) is 10.1. The van der Waals surface area contributed by atoms with E-state index in [1.165, 1.54) is 38.2 Å². The Bertz CT molecular complexity index is 542. The number of carboxylic acids is 1. The summed E-state index contributed by atoms with van der Waals surface area (Å²) in [6, 6.07) is 1.32. The number of thioether (sulfide) groups is 1. The van der Waals surface area contributed by atoms with Gasteiger partial charge in [-0.1, -0.05) is 19.3 Å². The molecule has 6 heteroatoms. The molecule has 0 radical (unpaired) electrons. The number of hydrogen-bond acceptors (Lipinski definition) is 4. The highest BCUT2D eigenvalue weighted by atomic mass is 32.2. The molecule has 1 saturated carbocycles. The lowest BCUT2D eigenvalue weighted by Gasteiger charge is -2.44. The second-order valence-electron chi connectivity index (χ2n) is 5.82. The van der Waals surface area contributed by atoms with Crippen molar-refractivity contribution in [3.8, 4) is 0 Å². The van der Waals surface area contributed by atoms with E-state index in [1.54, 1.807) is 0 Å². The third kappa shape index (κ3) is 2.95. The standard InChI is InChI=1S/C15H19NO4S/c17-13(12-8-11(9-20-12)14(18)19)16-6-7-21-15(10-16)4-2-1-3-5-15/h8-9H,1-7,10H2,(H,18,19). The Hall–Kier alpha value is -1.43. The molecule has 1 saturated heterocycles. The molecule has 21 heavy (non-hydrogen) atoms. The van der Waals surface area contributed by atoms with E-state index in [4.69, 9.17) is 9.52 Å². The zero-order valence-electron chi connectivity index (χ0n) is 11.8. The fourth-order valence-electron chi connectivity index (χ4n) is 3.23. The van der Waals surface area contributed by atoms with Crippen LogP contribution in [0.15, 0.2) is 16.7 Å². The molecule has 1 aliphatic carbocycles. The van der Waals surface area contributed by atoms with Gasteiger partial charge in [0.15, 0.2) is 5.76 Å². The molecular weight excluding hydrogens is 290 g/mol. The maximum absolute atomic E-state index is 12.5. The minimum absolute atomic E-state index is 0.0251. The molecule has 3 rings (SSSR count). The van der Waals surface area contributed by atoms with Gasteiger partial charge in [-0.25, -0.2) is 4.79 Å². The third-order valence-electron chi connectivity index (χ3n) is 4.36. The summed E-state index contributed by atoms with van der Waals surface area (Å²) in [6.07, 6.45) is 7.22. The maximum Gasteiger partial charge on any atom is 0.338 e. The van der Waals surface area contributed by atoms with Crippen LogP contribution in [0.25, 0.3) is 0 Å². The van der Waals surface area contributed by atoms with Crippen LogP contribution in [0.3, 0.4) is 0 Å². The molecule has 1 aromatic rings. The van der Waals surface area contributed by atoms with Gasteiger partial charge in [0.25, 0.3) is 5.91 Å². The summed E-state index contributed by atoms with van der Waals surface area (Å²) < 4.78 is 5.34. The van der Waals surface area contributed by atoms with Gasteiger partial charge in [-0.3, -0.25) is 4.79 Å². The molecule has 1 N–H and O–H groups in total. The zero-order valence-corrected chi connectivity index (χ0v) is 12.7. The number of carbonyl (C=O) groups excluding carboxylic acids is 1. The topological polar surface area (TPSA) is 70.7 Å². The molecule has 1 spiro atoms. The van der Waals surface area contributed by atoms with Crippen molar-refractivity contribution in [1.29, 1.82) is 0 Å². The maximum atomic E-state index is 12.5. The van der Waals surface area contributed by atoms with Crippen molar-refractivity contribution in [2.45, 2.75) is 36.9 Å². The lowest BCUT2D eigenvalue weighted by Crippen LogP contribution is -2.49. The number of nitrogens with zero attached hydrogens (tertiary/aromatic N) is 1. The van der Waals surface area contributed by atoms with Crippen LogP contribution in [-0.4, -0.2) is 45.5 Å². The number of hydrogen-bond donors (Lipinski definition) is 1. The summed E-state index contributed by atoms with van der Waals surface area (Å²) in [5, 5.41) is 8.90. The molecule has 0 aromatic carbocycles. The van der Waals surface area contributed by atoms with Gasteiger partial charge in [0.05, 0.1) is 5.56 Å². The van der Waals surface area contributed by atoms with E-state index in [-0.39, 0.29) is 22.0 Å². The first-order valence-electron chi connectivity index (χ1n) is 7.35. The number of aromatic carboxylic acids is 1. The van der Waals surface area contributed by atoms with Crippen molar-refractivity contribution in [3.63, 3.8) is 0 Å². The highest BCUT2D eigenvalue weighted by molar-refractivity contribution is 8.00. The lowest BCUT2D eigenvalue weighted by molar-refractivity contribution is 0.0689. The third-order valence-corrected chi connectivity index (χ3v) is 5.89. The predicted octanol–water partition coefficient (Wildman–Crippen LogP) is 2.87. The lowest BCUT2D eigenvalue weighted by atomic mass is 9.87. The number of rotatable bonds is 2. The van der Waals surface area contributed by atoms with Crippen LogP contribution < -0.4 is 0 Å². The van der Waals surface area contributed by atoms with E-state index in [0.29, 0.717) is 6.54 Å². The monoisotopic (exact) mass is 309 g/mol. The smallest absolute Gasteiger partial charge is 0.338 e. The van der Waals surface area contributed by atoms with Crippen LogP contribution in [0.5, 0.6) is 0 Å². The highest BCUT2D eigenvalue weighted by Gasteiger charge is 2.39. The largest absolute Gasteiger partial charge is 0.478 e. The quantitative estimate of drug-likeness (QED) is 0.909. The van der Waals surface area contributed by atoms with Gasteiger partial charge in [-0.2, -0.15) is 11.8 Å². The molecule has 1 aromatic heterocycles. The summed E-state index contributed by atoms with van der Waals surface area (Å²) in [7, 11) is 0. The van der Waals surface area contributed by atoms with Gasteiger partial charge >= 0.3 is 5.97 Å². The molecule has 114 valence electrons. The first kappa shape index (κ1) is 14.5. The van der Waals surface area contributed by atoms with Crippen molar-refractivity contribution in [1.82, 2.24) is 4.90 Å². The molecule has 2 aliphatic rings. The fraction of sp³-hybridized carbons (Fsp3) is 0.600. The van der Waals surface area contributed by atoms with Crippen LogP contribution in [0, 0.1) is 0 Å². The SMILES string of the molecule is O=C(O)c1coc(C(=O)N2CCSC3(CCCCC3)C2)c1. The van der Waals surface area contributed by atoms with E-state index in [9.17, 15) is 9.59 Å². The average molecular weight is 309 g/mol. The molecule has 1 amide bonds. The summed E-state index contributed by atoms with van der Waals surface area (Å²) in [6.45, 7) is 1.45. The van der Waals surface area contributed by atoms with Gasteiger partial charge in [-0.05, 0) is 12.8 Å².